The lowest BCUT2D eigenvalue weighted by molar-refractivity contribution is -0.118. The topological polar surface area (TPSA) is 123 Å². The minimum absolute atomic E-state index is 0.0475. The second-order valence-electron chi connectivity index (χ2n) is 8.55. The second kappa shape index (κ2) is 7.33. The van der Waals surface area contributed by atoms with E-state index in [0.29, 0.717) is 46.9 Å². The average molecular weight is 427 g/mol. The highest BCUT2D eigenvalue weighted by Crippen LogP contribution is 2.49. The number of allylic oxidation sites excluding steroid dienone is 2. The first-order valence-corrected chi connectivity index (χ1v) is 9.88. The van der Waals surface area contributed by atoms with Gasteiger partial charge in [0, 0.05) is 23.6 Å². The summed E-state index contributed by atoms with van der Waals surface area (Å²) in [6, 6.07) is 3.45. The number of carbonyl (C=O) groups is 1. The fourth-order valence-corrected chi connectivity index (χ4v) is 4.55. The monoisotopic (exact) mass is 427 g/mol. The number of carbonyl (C=O) groups excluding carboxylic acids is 1. The van der Waals surface area contributed by atoms with Crippen LogP contribution in [0.2, 0.25) is 0 Å². The third kappa shape index (κ3) is 3.39. The Kier molecular flexibility index (Phi) is 4.91. The molecule has 0 saturated carbocycles. The Hall–Kier alpha value is -3.49. The van der Waals surface area contributed by atoms with Crippen molar-refractivity contribution in [2.75, 3.05) is 26.6 Å². The molecule has 9 heteroatoms. The van der Waals surface area contributed by atoms with Gasteiger partial charge in [0.25, 0.3) is 5.56 Å². The van der Waals surface area contributed by atoms with Gasteiger partial charge in [-0.25, -0.2) is 4.79 Å². The summed E-state index contributed by atoms with van der Waals surface area (Å²) in [5.74, 6) is 0.755. The van der Waals surface area contributed by atoms with Crippen LogP contribution in [0.4, 0.5) is 5.82 Å². The number of rotatable bonds is 4. The molecule has 31 heavy (non-hydrogen) atoms. The molecule has 1 aromatic carbocycles. The molecule has 1 unspecified atom stereocenters. The number of benzene rings is 1. The number of nitrogens with one attached hydrogen (secondary N) is 3. The van der Waals surface area contributed by atoms with Crippen LogP contribution >= 0.6 is 0 Å². The van der Waals surface area contributed by atoms with Gasteiger partial charge >= 0.3 is 5.69 Å². The summed E-state index contributed by atoms with van der Waals surface area (Å²) >= 11 is 0. The van der Waals surface area contributed by atoms with Gasteiger partial charge in [-0.15, -0.1) is 0 Å². The number of hydrogen-bond acceptors (Lipinski definition) is 7. The van der Waals surface area contributed by atoms with E-state index in [9.17, 15) is 14.4 Å². The second-order valence-corrected chi connectivity index (χ2v) is 8.55. The molecule has 2 aliphatic rings. The van der Waals surface area contributed by atoms with Crippen LogP contribution in [0.3, 0.4) is 0 Å². The minimum atomic E-state index is -0.704. The Balaban J connectivity index is 2.04. The zero-order valence-electron chi connectivity index (χ0n) is 18.1. The molecular formula is C22H25N3O6. The highest BCUT2D eigenvalue weighted by Gasteiger charge is 2.42. The summed E-state index contributed by atoms with van der Waals surface area (Å²) in [4.78, 5) is 43.0. The van der Waals surface area contributed by atoms with Gasteiger partial charge < -0.3 is 19.5 Å². The molecule has 164 valence electrons. The zero-order valence-corrected chi connectivity index (χ0v) is 18.1. The quantitative estimate of drug-likeness (QED) is 0.684. The molecule has 0 saturated heterocycles. The van der Waals surface area contributed by atoms with Crippen molar-refractivity contribution in [1.82, 2.24) is 9.97 Å². The average Bonchev–Trinajstić information content (AvgIpc) is 2.69. The molecule has 0 radical (unpaired) electrons. The summed E-state index contributed by atoms with van der Waals surface area (Å²) in [7, 11) is 4.50. The van der Waals surface area contributed by atoms with Crippen molar-refractivity contribution < 1.29 is 19.0 Å². The Labute approximate surface area is 178 Å². The summed E-state index contributed by atoms with van der Waals surface area (Å²) < 4.78 is 16.4. The molecule has 3 N–H and O–H groups in total. The Morgan fingerprint density at radius 2 is 1.58 bits per heavy atom. The first kappa shape index (κ1) is 20.8. The van der Waals surface area contributed by atoms with E-state index in [1.54, 1.807) is 12.1 Å². The number of methoxy groups -OCH3 is 3. The number of anilines is 1. The summed E-state index contributed by atoms with van der Waals surface area (Å²) in [6.07, 6.45) is 0.953. The van der Waals surface area contributed by atoms with Crippen LogP contribution in [0.1, 0.15) is 43.7 Å². The highest BCUT2D eigenvalue weighted by atomic mass is 16.5. The molecule has 2 heterocycles. The van der Waals surface area contributed by atoms with E-state index in [1.807, 2.05) is 13.8 Å². The number of ether oxygens (including phenoxy) is 3. The van der Waals surface area contributed by atoms with Gasteiger partial charge in [-0.05, 0) is 29.5 Å². The van der Waals surface area contributed by atoms with E-state index in [1.165, 1.54) is 21.3 Å². The first-order chi connectivity index (χ1) is 14.7. The van der Waals surface area contributed by atoms with E-state index in [-0.39, 0.29) is 22.6 Å². The van der Waals surface area contributed by atoms with Gasteiger partial charge in [-0.2, -0.15) is 0 Å². The Morgan fingerprint density at radius 3 is 2.16 bits per heavy atom. The van der Waals surface area contributed by atoms with Crippen molar-refractivity contribution in [2.24, 2.45) is 5.41 Å². The van der Waals surface area contributed by atoms with Gasteiger partial charge in [0.15, 0.2) is 17.3 Å². The number of hydrogen-bond donors (Lipinski definition) is 3. The summed E-state index contributed by atoms with van der Waals surface area (Å²) in [5, 5.41) is 3.14. The molecular weight excluding hydrogens is 402 g/mol. The molecule has 2 aromatic rings. The fourth-order valence-electron chi connectivity index (χ4n) is 4.55. The lowest BCUT2D eigenvalue weighted by atomic mass is 9.69. The molecule has 1 aliphatic carbocycles. The lowest BCUT2D eigenvalue weighted by Gasteiger charge is -2.38. The van der Waals surface area contributed by atoms with Crippen LogP contribution in [0, 0.1) is 5.41 Å². The van der Waals surface area contributed by atoms with Crippen molar-refractivity contribution in [3.05, 3.63) is 55.4 Å². The fraction of sp³-hybridized carbons (Fsp3) is 0.409. The third-order valence-electron chi connectivity index (χ3n) is 5.77. The zero-order chi connectivity index (χ0) is 22.5. The van der Waals surface area contributed by atoms with Crippen LogP contribution in [0.25, 0.3) is 0 Å². The van der Waals surface area contributed by atoms with Crippen molar-refractivity contribution in [1.29, 1.82) is 0 Å². The maximum absolute atomic E-state index is 13.3. The predicted octanol–water partition coefficient (Wildman–Crippen LogP) is 2.29. The molecule has 4 rings (SSSR count). The molecule has 0 bridgehead atoms. The molecule has 0 amide bonds. The van der Waals surface area contributed by atoms with E-state index in [4.69, 9.17) is 14.2 Å². The molecule has 0 fully saturated rings. The van der Waals surface area contributed by atoms with Crippen molar-refractivity contribution in [2.45, 2.75) is 32.6 Å². The predicted molar refractivity (Wildman–Crippen MR) is 114 cm³/mol. The number of fused-ring (bicyclic) bond motifs is 1. The number of H-pyrrole nitrogens is 2. The Bertz CT molecular complexity index is 1200. The summed E-state index contributed by atoms with van der Waals surface area (Å²) in [6.45, 7) is 4.03. The molecule has 1 aliphatic heterocycles. The van der Waals surface area contributed by atoms with E-state index in [0.717, 1.165) is 0 Å². The van der Waals surface area contributed by atoms with Crippen molar-refractivity contribution in [3.63, 3.8) is 0 Å². The van der Waals surface area contributed by atoms with Gasteiger partial charge in [0.05, 0.1) is 26.9 Å². The van der Waals surface area contributed by atoms with E-state index in [2.05, 4.69) is 15.3 Å². The number of aromatic amines is 2. The largest absolute Gasteiger partial charge is 0.493 e. The maximum atomic E-state index is 13.3. The van der Waals surface area contributed by atoms with Gasteiger partial charge in [0.1, 0.15) is 5.82 Å². The minimum Gasteiger partial charge on any atom is -0.493 e. The number of Topliss-reactive ketones (excluding diaryl/α,β-unsaturated/α-hetero) is 1. The van der Waals surface area contributed by atoms with Gasteiger partial charge in [0.2, 0.25) is 5.75 Å². The first-order valence-electron chi connectivity index (χ1n) is 9.88. The number of aromatic nitrogens is 2. The Morgan fingerprint density at radius 1 is 0.935 bits per heavy atom. The van der Waals surface area contributed by atoms with Gasteiger partial charge in [-0.3, -0.25) is 19.6 Å². The standard InChI is InChI=1S/C22H25N3O6/c1-22(2)8-11-16(12(26)9-22)15(17-19(23-11)24-21(28)25-20(17)27)10-6-13(29-3)18(31-5)14(7-10)30-4/h6-7,15H,8-9H2,1-5H3,(H3,23,24,25,27,28). The normalized spacial score (nSPS) is 19.3. The van der Waals surface area contributed by atoms with Crippen LogP contribution in [-0.2, 0) is 4.79 Å². The summed E-state index contributed by atoms with van der Waals surface area (Å²) in [5.41, 5.74) is 0.671. The van der Waals surface area contributed by atoms with Crippen LogP contribution in [0.5, 0.6) is 17.2 Å². The molecule has 1 aromatic heterocycles. The third-order valence-corrected chi connectivity index (χ3v) is 5.77. The van der Waals surface area contributed by atoms with Crippen LogP contribution in [-0.4, -0.2) is 37.1 Å². The van der Waals surface area contributed by atoms with Gasteiger partial charge in [-0.1, -0.05) is 13.8 Å². The SMILES string of the molecule is COc1cc(C2C3=C(CC(C)(C)CC3=O)Nc3[nH]c(=O)[nH]c(=O)c32)cc(OC)c1OC. The van der Waals surface area contributed by atoms with Crippen molar-refractivity contribution in [3.8, 4) is 17.2 Å². The molecule has 9 nitrogen and oxygen atoms in total. The van der Waals surface area contributed by atoms with Crippen LogP contribution < -0.4 is 30.8 Å². The van der Waals surface area contributed by atoms with E-state index >= 15 is 0 Å². The van der Waals surface area contributed by atoms with Crippen molar-refractivity contribution >= 4 is 11.6 Å². The van der Waals surface area contributed by atoms with E-state index < -0.39 is 17.2 Å². The molecule has 1 atom stereocenters. The van der Waals surface area contributed by atoms with Crippen LogP contribution in [0.15, 0.2) is 33.0 Å². The number of ketones is 1. The smallest absolute Gasteiger partial charge is 0.327 e. The molecule has 0 spiro atoms. The maximum Gasteiger partial charge on any atom is 0.327 e. The lowest BCUT2D eigenvalue weighted by Crippen LogP contribution is -2.39. The highest BCUT2D eigenvalue weighted by molar-refractivity contribution is 6.01.